The minimum atomic E-state index is -4.29. The van der Waals surface area contributed by atoms with Gasteiger partial charge in [0.15, 0.2) is 6.10 Å². The second kappa shape index (κ2) is 37.1. The summed E-state index contributed by atoms with van der Waals surface area (Å²) in [5, 5.41) is 0. The molecule has 0 rings (SSSR count). The van der Waals surface area contributed by atoms with Gasteiger partial charge >= 0.3 is 13.8 Å². The molecule has 0 aromatic rings. The molecular weight excluding hydrogens is 625 g/mol. The van der Waals surface area contributed by atoms with Crippen molar-refractivity contribution in [3.63, 3.8) is 0 Å². The van der Waals surface area contributed by atoms with Gasteiger partial charge in [0.2, 0.25) is 0 Å². The van der Waals surface area contributed by atoms with Crippen molar-refractivity contribution >= 4 is 13.8 Å². The molecule has 0 spiro atoms. The number of nitrogens with two attached hydrogens (primary N) is 1. The van der Waals surface area contributed by atoms with Gasteiger partial charge in [-0.25, -0.2) is 4.57 Å². The van der Waals surface area contributed by atoms with Crippen molar-refractivity contribution in [3.05, 3.63) is 24.5 Å². The first-order valence-electron chi connectivity index (χ1n) is 19.9. The van der Waals surface area contributed by atoms with Crippen molar-refractivity contribution in [2.24, 2.45) is 5.73 Å². The van der Waals surface area contributed by atoms with Crippen LogP contribution in [0.5, 0.6) is 0 Å². The van der Waals surface area contributed by atoms with Crippen molar-refractivity contribution in [1.29, 1.82) is 0 Å². The highest BCUT2D eigenvalue weighted by Gasteiger charge is 2.25. The maximum Gasteiger partial charge on any atom is 0.472 e. The third kappa shape index (κ3) is 36.1. The molecule has 0 aliphatic heterocycles. The van der Waals surface area contributed by atoms with Crippen LogP contribution < -0.4 is 5.73 Å². The van der Waals surface area contributed by atoms with Gasteiger partial charge < -0.3 is 20.1 Å². The van der Waals surface area contributed by atoms with Crippen LogP contribution in [0.2, 0.25) is 0 Å². The van der Waals surface area contributed by atoms with E-state index in [4.69, 9.17) is 24.3 Å². The normalized spacial score (nSPS) is 13.8. The van der Waals surface area contributed by atoms with Gasteiger partial charge in [-0.15, -0.1) is 0 Å². The first kappa shape index (κ1) is 46.8. The Bertz CT molecular complexity index is 792. The standard InChI is InChI=1S/C39H76NO7P/c1-3-5-7-9-11-13-15-17-19-20-22-24-26-28-30-32-39(41)47-38(37-46-48(42,43)45-35-33-40)36-44-34-31-29-27-25-23-21-18-16-14-12-10-8-6-4-2/h22,24,31,34,38H,3-21,23,25-30,32-33,35-37,40H2,1-2H3,(H,42,43)/b24-22+,34-31+/t38-/m1/s1. The lowest BCUT2D eigenvalue weighted by Gasteiger charge is -2.19. The molecule has 0 aliphatic carbocycles. The van der Waals surface area contributed by atoms with E-state index < -0.39 is 13.9 Å². The molecule has 9 heteroatoms. The van der Waals surface area contributed by atoms with Crippen LogP contribution in [0.25, 0.3) is 0 Å². The van der Waals surface area contributed by atoms with Gasteiger partial charge in [0, 0.05) is 13.0 Å². The molecular formula is C39H76NO7P. The predicted octanol–water partition coefficient (Wildman–Crippen LogP) is 11.6. The van der Waals surface area contributed by atoms with Crippen molar-refractivity contribution in [3.8, 4) is 0 Å². The van der Waals surface area contributed by atoms with Crippen LogP contribution in [-0.2, 0) is 27.9 Å². The Hall–Kier alpha value is -1.18. The molecule has 48 heavy (non-hydrogen) atoms. The molecule has 8 nitrogen and oxygen atoms in total. The summed E-state index contributed by atoms with van der Waals surface area (Å²) in [6.07, 6.45) is 40.0. The molecule has 1 unspecified atom stereocenters. The number of carbonyl (C=O) groups is 1. The quantitative estimate of drug-likeness (QED) is 0.0215. The summed E-state index contributed by atoms with van der Waals surface area (Å²) in [6, 6.07) is 0. The number of hydrogen-bond donors (Lipinski definition) is 2. The first-order chi connectivity index (χ1) is 23.4. The van der Waals surface area contributed by atoms with Gasteiger partial charge in [0.1, 0.15) is 6.61 Å². The highest BCUT2D eigenvalue weighted by atomic mass is 31.2. The highest BCUT2D eigenvalue weighted by molar-refractivity contribution is 7.47. The van der Waals surface area contributed by atoms with Crippen LogP contribution in [0.15, 0.2) is 24.5 Å². The average molecular weight is 702 g/mol. The average Bonchev–Trinajstić information content (AvgIpc) is 3.07. The fourth-order valence-corrected chi connectivity index (χ4v) is 6.25. The van der Waals surface area contributed by atoms with Crippen LogP contribution in [0.1, 0.15) is 187 Å². The van der Waals surface area contributed by atoms with Gasteiger partial charge in [0.25, 0.3) is 0 Å². The monoisotopic (exact) mass is 702 g/mol. The van der Waals surface area contributed by atoms with Crippen LogP contribution in [0.3, 0.4) is 0 Å². The molecule has 0 fully saturated rings. The number of carbonyl (C=O) groups excluding carboxylic acids is 1. The van der Waals surface area contributed by atoms with E-state index in [1.54, 1.807) is 6.26 Å². The van der Waals surface area contributed by atoms with E-state index >= 15 is 0 Å². The van der Waals surface area contributed by atoms with Crippen LogP contribution in [-0.4, -0.2) is 43.3 Å². The number of allylic oxidation sites excluding steroid dienone is 3. The summed E-state index contributed by atoms with van der Waals surface area (Å²) in [6.45, 7) is 4.22. The van der Waals surface area contributed by atoms with Gasteiger partial charge in [-0.3, -0.25) is 13.8 Å². The van der Waals surface area contributed by atoms with E-state index in [0.29, 0.717) is 6.42 Å². The van der Waals surface area contributed by atoms with Crippen LogP contribution in [0.4, 0.5) is 0 Å². The number of esters is 1. The van der Waals surface area contributed by atoms with Crippen LogP contribution >= 0.6 is 7.82 Å². The Morgan fingerprint density at radius 3 is 1.54 bits per heavy atom. The summed E-state index contributed by atoms with van der Waals surface area (Å²) in [7, 11) is -4.29. The molecule has 0 heterocycles. The molecule has 0 amide bonds. The lowest BCUT2D eigenvalue weighted by atomic mass is 10.0. The minimum absolute atomic E-state index is 0.0270. The van der Waals surface area contributed by atoms with E-state index in [1.807, 2.05) is 6.08 Å². The SMILES string of the molecule is CCCCCCCCCCC/C=C/CCCCC(=O)O[C@H](CO/C=C/CCCCCCCCCCCCCC)COP(=O)(O)OCCN. The molecule has 0 saturated carbocycles. The highest BCUT2D eigenvalue weighted by Crippen LogP contribution is 2.43. The van der Waals surface area contributed by atoms with E-state index in [1.165, 1.54) is 128 Å². The van der Waals surface area contributed by atoms with Gasteiger partial charge in [-0.05, 0) is 51.0 Å². The van der Waals surface area contributed by atoms with Gasteiger partial charge in [-0.2, -0.15) is 0 Å². The molecule has 0 aromatic heterocycles. The fraction of sp³-hybridized carbons (Fsp3) is 0.872. The zero-order valence-corrected chi connectivity index (χ0v) is 32.1. The Kier molecular flexibility index (Phi) is 36.2. The number of rotatable bonds is 38. The number of phosphoric acid groups is 1. The predicted molar refractivity (Wildman–Crippen MR) is 201 cm³/mol. The number of phosphoric ester groups is 1. The largest absolute Gasteiger partial charge is 0.498 e. The van der Waals surface area contributed by atoms with Crippen molar-refractivity contribution in [2.45, 2.75) is 193 Å². The Labute approximate surface area is 296 Å². The summed E-state index contributed by atoms with van der Waals surface area (Å²) < 4.78 is 33.1. The van der Waals surface area contributed by atoms with E-state index in [2.05, 4.69) is 26.0 Å². The lowest BCUT2D eigenvalue weighted by Crippen LogP contribution is -2.27. The summed E-state index contributed by atoms with van der Waals surface area (Å²) in [5.41, 5.74) is 5.35. The molecule has 284 valence electrons. The molecule has 2 atom stereocenters. The van der Waals surface area contributed by atoms with Gasteiger partial charge in [0.05, 0.1) is 19.5 Å². The first-order valence-corrected chi connectivity index (χ1v) is 21.4. The maximum atomic E-state index is 12.5. The third-order valence-corrected chi connectivity index (χ3v) is 9.42. The second-order valence-electron chi connectivity index (χ2n) is 13.2. The molecule has 0 saturated heterocycles. The van der Waals surface area contributed by atoms with Crippen molar-refractivity contribution in [2.75, 3.05) is 26.4 Å². The maximum absolute atomic E-state index is 12.5. The number of unbranched alkanes of at least 4 members (excludes halogenated alkanes) is 23. The smallest absolute Gasteiger partial charge is 0.472 e. The van der Waals surface area contributed by atoms with Crippen molar-refractivity contribution < 1.29 is 32.8 Å². The Morgan fingerprint density at radius 1 is 0.625 bits per heavy atom. The Balaban J connectivity index is 4.15. The topological polar surface area (TPSA) is 117 Å². The van der Waals surface area contributed by atoms with E-state index in [9.17, 15) is 14.3 Å². The summed E-state index contributed by atoms with van der Waals surface area (Å²) >= 11 is 0. The van der Waals surface area contributed by atoms with E-state index in [-0.39, 0.29) is 38.8 Å². The summed E-state index contributed by atoms with van der Waals surface area (Å²) in [5.74, 6) is -0.373. The third-order valence-electron chi connectivity index (χ3n) is 8.44. The summed E-state index contributed by atoms with van der Waals surface area (Å²) in [4.78, 5) is 22.4. The minimum Gasteiger partial charge on any atom is -0.498 e. The van der Waals surface area contributed by atoms with E-state index in [0.717, 1.165) is 32.1 Å². The number of hydrogen-bond acceptors (Lipinski definition) is 7. The Morgan fingerprint density at radius 2 is 1.06 bits per heavy atom. The van der Waals surface area contributed by atoms with Crippen LogP contribution in [0, 0.1) is 0 Å². The molecule has 0 aliphatic rings. The molecule has 3 N–H and O–H groups in total. The molecule has 0 bridgehead atoms. The number of ether oxygens (including phenoxy) is 2. The zero-order valence-electron chi connectivity index (χ0n) is 31.2. The van der Waals surface area contributed by atoms with Gasteiger partial charge in [-0.1, -0.05) is 148 Å². The lowest BCUT2D eigenvalue weighted by molar-refractivity contribution is -0.153. The zero-order chi connectivity index (χ0) is 35.2. The molecule has 0 radical (unpaired) electrons. The molecule has 0 aromatic carbocycles. The van der Waals surface area contributed by atoms with Crippen molar-refractivity contribution in [1.82, 2.24) is 0 Å². The fourth-order valence-electron chi connectivity index (χ4n) is 5.49. The second-order valence-corrected chi connectivity index (χ2v) is 14.7.